The smallest absolute Gasteiger partial charge is 0.225 e. The van der Waals surface area contributed by atoms with Crippen molar-refractivity contribution in [1.82, 2.24) is 19.9 Å². The lowest BCUT2D eigenvalue weighted by atomic mass is 9.97. The SMILES string of the molecule is Brc1cnc(NCC2CCN(c3ncccn3)CC2)nc1. The second kappa shape index (κ2) is 6.80. The van der Waals surface area contributed by atoms with Gasteiger partial charge in [-0.05, 0) is 40.8 Å². The van der Waals surface area contributed by atoms with E-state index in [-0.39, 0.29) is 0 Å². The summed E-state index contributed by atoms with van der Waals surface area (Å²) in [6.45, 7) is 2.90. The summed E-state index contributed by atoms with van der Waals surface area (Å²) in [6.07, 6.45) is 9.35. The molecule has 0 spiro atoms. The van der Waals surface area contributed by atoms with E-state index >= 15 is 0 Å². The van der Waals surface area contributed by atoms with Crippen LogP contribution in [0.3, 0.4) is 0 Å². The Morgan fingerprint density at radius 2 is 1.76 bits per heavy atom. The summed E-state index contributed by atoms with van der Waals surface area (Å²) >= 11 is 3.33. The zero-order chi connectivity index (χ0) is 14.5. The molecule has 0 aromatic carbocycles. The minimum absolute atomic E-state index is 0.636. The number of rotatable bonds is 4. The van der Waals surface area contributed by atoms with Crippen molar-refractivity contribution in [3.8, 4) is 0 Å². The third kappa shape index (κ3) is 3.87. The third-order valence-electron chi connectivity index (χ3n) is 3.62. The van der Waals surface area contributed by atoms with Crippen molar-refractivity contribution in [2.24, 2.45) is 5.92 Å². The lowest BCUT2D eigenvalue weighted by Crippen LogP contribution is -2.36. The first kappa shape index (κ1) is 14.2. The van der Waals surface area contributed by atoms with Crippen LogP contribution in [-0.2, 0) is 0 Å². The van der Waals surface area contributed by atoms with E-state index in [1.54, 1.807) is 24.8 Å². The fourth-order valence-corrected chi connectivity index (χ4v) is 2.64. The number of piperidine rings is 1. The van der Waals surface area contributed by atoms with Gasteiger partial charge in [-0.25, -0.2) is 19.9 Å². The molecule has 0 unspecified atom stereocenters. The summed E-state index contributed by atoms with van der Waals surface area (Å²) in [7, 11) is 0. The van der Waals surface area contributed by atoms with Gasteiger partial charge in [-0.2, -0.15) is 0 Å². The highest BCUT2D eigenvalue weighted by molar-refractivity contribution is 9.10. The first-order chi connectivity index (χ1) is 10.3. The maximum Gasteiger partial charge on any atom is 0.225 e. The number of anilines is 2. The monoisotopic (exact) mass is 348 g/mol. The van der Waals surface area contributed by atoms with Gasteiger partial charge >= 0.3 is 0 Å². The molecule has 0 bridgehead atoms. The van der Waals surface area contributed by atoms with Gasteiger partial charge in [0.25, 0.3) is 0 Å². The van der Waals surface area contributed by atoms with Gasteiger partial charge in [0, 0.05) is 44.4 Å². The van der Waals surface area contributed by atoms with Crippen molar-refractivity contribution >= 4 is 27.8 Å². The highest BCUT2D eigenvalue weighted by atomic mass is 79.9. The predicted octanol–water partition coefficient (Wildman–Crippen LogP) is 2.36. The topological polar surface area (TPSA) is 66.8 Å². The van der Waals surface area contributed by atoms with Crippen LogP contribution in [0.5, 0.6) is 0 Å². The number of aromatic nitrogens is 4. The molecule has 0 saturated carbocycles. The number of hydrogen-bond donors (Lipinski definition) is 1. The summed E-state index contributed by atoms with van der Waals surface area (Å²) < 4.78 is 0.893. The molecule has 6 nitrogen and oxygen atoms in total. The fourth-order valence-electron chi connectivity index (χ4n) is 2.43. The zero-order valence-corrected chi connectivity index (χ0v) is 13.2. The standard InChI is InChI=1S/C14H17BrN6/c15-12-9-19-13(20-10-12)18-8-11-2-6-21(7-3-11)14-16-4-1-5-17-14/h1,4-5,9-11H,2-3,6-8H2,(H,18,19,20). The summed E-state index contributed by atoms with van der Waals surface area (Å²) in [4.78, 5) is 19.3. The van der Waals surface area contributed by atoms with Gasteiger partial charge in [0.05, 0.1) is 4.47 Å². The van der Waals surface area contributed by atoms with Crippen LogP contribution in [0.1, 0.15) is 12.8 Å². The molecule has 7 heteroatoms. The van der Waals surface area contributed by atoms with Gasteiger partial charge in [0.2, 0.25) is 11.9 Å². The van der Waals surface area contributed by atoms with Crippen molar-refractivity contribution in [3.63, 3.8) is 0 Å². The second-order valence-electron chi connectivity index (χ2n) is 5.09. The quantitative estimate of drug-likeness (QED) is 0.914. The molecular formula is C14H17BrN6. The van der Waals surface area contributed by atoms with E-state index in [0.29, 0.717) is 11.9 Å². The molecule has 0 radical (unpaired) electrons. The maximum atomic E-state index is 4.30. The minimum Gasteiger partial charge on any atom is -0.354 e. The van der Waals surface area contributed by atoms with Crippen molar-refractivity contribution in [2.45, 2.75) is 12.8 Å². The molecule has 0 aliphatic carbocycles. The molecule has 1 N–H and O–H groups in total. The second-order valence-corrected chi connectivity index (χ2v) is 6.00. The molecule has 1 aliphatic heterocycles. The molecule has 1 saturated heterocycles. The van der Waals surface area contributed by atoms with E-state index in [2.05, 4.69) is 46.1 Å². The Bertz CT molecular complexity index is 553. The summed E-state index contributed by atoms with van der Waals surface area (Å²) in [5, 5.41) is 3.30. The van der Waals surface area contributed by atoms with Crippen LogP contribution < -0.4 is 10.2 Å². The normalized spacial score (nSPS) is 16.0. The van der Waals surface area contributed by atoms with Gasteiger partial charge in [0.1, 0.15) is 0 Å². The highest BCUT2D eigenvalue weighted by Crippen LogP contribution is 2.20. The van der Waals surface area contributed by atoms with Crippen molar-refractivity contribution in [2.75, 3.05) is 29.9 Å². The van der Waals surface area contributed by atoms with Crippen LogP contribution in [0.4, 0.5) is 11.9 Å². The van der Waals surface area contributed by atoms with E-state index in [1.165, 1.54) is 0 Å². The first-order valence-electron chi connectivity index (χ1n) is 7.04. The van der Waals surface area contributed by atoms with Crippen molar-refractivity contribution in [3.05, 3.63) is 35.3 Å². The molecule has 1 fully saturated rings. The molecule has 1 aliphatic rings. The van der Waals surface area contributed by atoms with E-state index in [0.717, 1.165) is 42.9 Å². The Hall–Kier alpha value is -1.76. The van der Waals surface area contributed by atoms with Crippen LogP contribution in [0.15, 0.2) is 35.3 Å². The Labute approximate surface area is 132 Å². The van der Waals surface area contributed by atoms with Crippen LogP contribution >= 0.6 is 15.9 Å². The summed E-state index contributed by atoms with van der Waals surface area (Å²) in [5.41, 5.74) is 0. The van der Waals surface area contributed by atoms with Crippen molar-refractivity contribution < 1.29 is 0 Å². The molecule has 2 aromatic rings. The predicted molar refractivity (Wildman–Crippen MR) is 85.2 cm³/mol. The lowest BCUT2D eigenvalue weighted by molar-refractivity contribution is 0.419. The molecule has 3 rings (SSSR count). The number of halogens is 1. The Kier molecular flexibility index (Phi) is 4.59. The van der Waals surface area contributed by atoms with Gasteiger partial charge < -0.3 is 10.2 Å². The van der Waals surface area contributed by atoms with E-state index in [1.807, 2.05) is 6.07 Å². The third-order valence-corrected chi connectivity index (χ3v) is 4.03. The van der Waals surface area contributed by atoms with Gasteiger partial charge in [0.15, 0.2) is 0 Å². The number of hydrogen-bond acceptors (Lipinski definition) is 6. The molecule has 110 valence electrons. The molecule has 0 amide bonds. The molecule has 21 heavy (non-hydrogen) atoms. The first-order valence-corrected chi connectivity index (χ1v) is 7.84. The average Bonchev–Trinajstić information content (AvgIpc) is 2.56. The molecule has 2 aromatic heterocycles. The Balaban J connectivity index is 1.47. The number of nitrogens with zero attached hydrogens (tertiary/aromatic N) is 5. The Morgan fingerprint density at radius 3 is 2.43 bits per heavy atom. The average molecular weight is 349 g/mol. The van der Waals surface area contributed by atoms with E-state index < -0.39 is 0 Å². The maximum absolute atomic E-state index is 4.30. The largest absolute Gasteiger partial charge is 0.354 e. The van der Waals surface area contributed by atoms with Crippen molar-refractivity contribution in [1.29, 1.82) is 0 Å². The summed E-state index contributed by atoms with van der Waals surface area (Å²) in [6, 6.07) is 1.85. The van der Waals surface area contributed by atoms with Gasteiger partial charge in [-0.3, -0.25) is 0 Å². The van der Waals surface area contributed by atoms with Crippen LogP contribution in [0.25, 0.3) is 0 Å². The van der Waals surface area contributed by atoms with E-state index in [9.17, 15) is 0 Å². The molecule has 0 atom stereocenters. The zero-order valence-electron chi connectivity index (χ0n) is 11.6. The van der Waals surface area contributed by atoms with Gasteiger partial charge in [-0.15, -0.1) is 0 Å². The minimum atomic E-state index is 0.636. The summed E-state index contributed by atoms with van der Waals surface area (Å²) in [5.74, 6) is 2.16. The lowest BCUT2D eigenvalue weighted by Gasteiger charge is -2.31. The van der Waals surface area contributed by atoms with Crippen LogP contribution in [-0.4, -0.2) is 39.6 Å². The van der Waals surface area contributed by atoms with Crippen LogP contribution in [0, 0.1) is 5.92 Å². The van der Waals surface area contributed by atoms with Gasteiger partial charge in [-0.1, -0.05) is 0 Å². The molecular weight excluding hydrogens is 332 g/mol. The van der Waals surface area contributed by atoms with E-state index in [4.69, 9.17) is 0 Å². The Morgan fingerprint density at radius 1 is 1.10 bits per heavy atom. The highest BCUT2D eigenvalue weighted by Gasteiger charge is 2.20. The van der Waals surface area contributed by atoms with Crippen LogP contribution in [0.2, 0.25) is 0 Å². The number of nitrogens with one attached hydrogen (secondary N) is 1. The molecule has 3 heterocycles. The fraction of sp³-hybridized carbons (Fsp3) is 0.429.